The molecule has 43 heavy (non-hydrogen) atoms. The minimum atomic E-state index is -2.94. The second kappa shape index (κ2) is 10.4. The molecule has 0 atom stereocenters. The molecule has 0 fully saturated rings. The predicted molar refractivity (Wildman–Crippen MR) is 180 cm³/mol. The first-order chi connectivity index (χ1) is 23.3. The molecule has 0 bridgehead atoms. The Morgan fingerprint density at radius 1 is 0.605 bits per heavy atom. The normalized spacial score (nSPS) is 13.8. The summed E-state index contributed by atoms with van der Waals surface area (Å²) in [5.41, 5.74) is 7.90. The van der Waals surface area contributed by atoms with E-state index in [1.54, 1.807) is 16.8 Å². The summed E-state index contributed by atoms with van der Waals surface area (Å²) in [7, 11) is 0. The second-order valence-electron chi connectivity index (χ2n) is 10.5. The zero-order valence-electron chi connectivity index (χ0n) is 28.2. The molecule has 0 aliphatic heterocycles. The molecule has 0 saturated heterocycles. The van der Waals surface area contributed by atoms with Crippen LogP contribution >= 0.6 is 0 Å². The van der Waals surface area contributed by atoms with Gasteiger partial charge in [-0.2, -0.15) is 0 Å². The van der Waals surface area contributed by atoms with Crippen LogP contribution < -0.4 is 0 Å². The molecule has 6 aromatic carbocycles. The van der Waals surface area contributed by atoms with E-state index in [1.165, 1.54) is 0 Å². The molecule has 204 valence electrons. The van der Waals surface area contributed by atoms with Crippen LogP contribution in [0.1, 0.15) is 19.5 Å². The lowest BCUT2D eigenvalue weighted by molar-refractivity contribution is 0.909. The summed E-state index contributed by atoms with van der Waals surface area (Å²) in [6, 6.07) is 44.2. The number of fused-ring (bicyclic) bond motifs is 3. The summed E-state index contributed by atoms with van der Waals surface area (Å²) in [6.07, 6.45) is 0.948. The van der Waals surface area contributed by atoms with E-state index in [2.05, 4.69) is 70.6 Å². The van der Waals surface area contributed by atoms with Gasteiger partial charge in [-0.15, -0.1) is 0 Å². The Labute approximate surface area is 257 Å². The number of hydrogen-bond donors (Lipinski definition) is 0. The Morgan fingerprint density at radius 3 is 1.86 bits per heavy atom. The van der Waals surface area contributed by atoms with Crippen LogP contribution in [-0.4, -0.2) is 14.5 Å². The van der Waals surface area contributed by atoms with Crippen molar-refractivity contribution in [2.24, 2.45) is 0 Å². The molecule has 0 N–H and O–H groups in total. The van der Waals surface area contributed by atoms with E-state index in [4.69, 9.17) is 6.85 Å². The van der Waals surface area contributed by atoms with Crippen molar-refractivity contribution in [2.75, 3.05) is 0 Å². The third kappa shape index (κ3) is 4.04. The van der Waals surface area contributed by atoms with Crippen molar-refractivity contribution >= 4 is 32.6 Å². The van der Waals surface area contributed by atoms with Gasteiger partial charge in [0.2, 0.25) is 0 Å². The van der Waals surface area contributed by atoms with Gasteiger partial charge in [-0.3, -0.25) is 9.55 Å². The molecule has 0 spiro atoms. The first kappa shape index (κ1) is 20.4. The van der Waals surface area contributed by atoms with E-state index in [-0.39, 0.29) is 5.82 Å². The highest BCUT2D eigenvalue weighted by atomic mass is 15.1. The Bertz CT molecular complexity index is 2430. The summed E-state index contributed by atoms with van der Waals surface area (Å²) in [5, 5.41) is 4.16. The summed E-state index contributed by atoms with van der Waals surface area (Å²) >= 11 is 0. The molecule has 3 nitrogen and oxygen atoms in total. The summed E-state index contributed by atoms with van der Waals surface area (Å²) in [6.45, 7) is -2.94. The minimum Gasteiger partial charge on any atom is -0.296 e. The number of imidazole rings is 1. The molecule has 0 unspecified atom stereocenters. The molecule has 2 aromatic heterocycles. The number of benzene rings is 6. The number of pyridine rings is 1. The van der Waals surface area contributed by atoms with Gasteiger partial charge in [0, 0.05) is 36.7 Å². The van der Waals surface area contributed by atoms with Crippen molar-refractivity contribution < 1.29 is 6.85 Å². The van der Waals surface area contributed by atoms with E-state index >= 15 is 0 Å². The van der Waals surface area contributed by atoms with Crippen LogP contribution in [0.3, 0.4) is 0 Å². The van der Waals surface area contributed by atoms with Crippen molar-refractivity contribution in [3.63, 3.8) is 0 Å². The molecule has 8 aromatic rings. The molecule has 2 heterocycles. The third-order valence-corrected chi connectivity index (χ3v) is 8.19. The van der Waals surface area contributed by atoms with Gasteiger partial charge in [0.1, 0.15) is 5.82 Å². The van der Waals surface area contributed by atoms with E-state index < -0.39 is 13.2 Å². The number of hydrogen-bond acceptors (Lipinski definition) is 2. The monoisotopic (exact) mass is 556 g/mol. The van der Waals surface area contributed by atoms with Gasteiger partial charge in [0.05, 0.1) is 16.7 Å². The molecule has 0 saturated carbocycles. The van der Waals surface area contributed by atoms with Crippen LogP contribution in [0.25, 0.3) is 71.6 Å². The van der Waals surface area contributed by atoms with Crippen LogP contribution in [0, 0.1) is 0 Å². The number of rotatable bonds is 5. The summed E-state index contributed by atoms with van der Waals surface area (Å²) in [5.74, 6) is -0.160. The number of aromatic nitrogens is 3. The lowest BCUT2D eigenvalue weighted by Gasteiger charge is -2.21. The average Bonchev–Trinajstić information content (AvgIpc) is 3.51. The minimum absolute atomic E-state index is 0.160. The van der Waals surface area contributed by atoms with E-state index in [0.29, 0.717) is 16.7 Å². The number of aryl methyl sites for hydroxylation is 1. The molecule has 0 aliphatic rings. The van der Waals surface area contributed by atoms with Crippen LogP contribution in [0.2, 0.25) is 0 Å². The third-order valence-electron chi connectivity index (χ3n) is 8.19. The summed E-state index contributed by atoms with van der Waals surface area (Å²) < 4.78 is 43.7. The fourth-order valence-electron chi connectivity index (χ4n) is 6.42. The smallest absolute Gasteiger partial charge is 0.114 e. The maximum Gasteiger partial charge on any atom is 0.114 e. The van der Waals surface area contributed by atoms with Gasteiger partial charge in [-0.05, 0) is 68.1 Å². The molecular weight excluding hydrogens is 522 g/mol. The lowest BCUT2D eigenvalue weighted by Crippen LogP contribution is -2.03. The van der Waals surface area contributed by atoms with Crippen molar-refractivity contribution in [1.29, 1.82) is 0 Å². The second-order valence-corrected chi connectivity index (χ2v) is 10.5. The van der Waals surface area contributed by atoms with Crippen molar-refractivity contribution in [1.82, 2.24) is 14.5 Å². The quantitative estimate of drug-likeness (QED) is 0.197. The number of nitrogens with zero attached hydrogens (tertiary/aromatic N) is 3. The van der Waals surface area contributed by atoms with Gasteiger partial charge < -0.3 is 0 Å². The first-order valence-corrected chi connectivity index (χ1v) is 14.3. The predicted octanol–water partition coefficient (Wildman–Crippen LogP) is 10.3. The van der Waals surface area contributed by atoms with Gasteiger partial charge in [0.25, 0.3) is 0 Å². The maximum atomic E-state index is 8.81. The average molecular weight is 557 g/mol. The highest BCUT2D eigenvalue weighted by Gasteiger charge is 2.21. The van der Waals surface area contributed by atoms with Crippen LogP contribution in [-0.2, 0) is 6.37 Å². The zero-order valence-corrected chi connectivity index (χ0v) is 23.2. The van der Waals surface area contributed by atoms with Crippen LogP contribution in [0.15, 0.2) is 146 Å². The number of para-hydroxylation sites is 3. The largest absolute Gasteiger partial charge is 0.296 e. The van der Waals surface area contributed by atoms with Crippen LogP contribution in [0.4, 0.5) is 0 Å². The van der Waals surface area contributed by atoms with Gasteiger partial charge >= 0.3 is 0 Å². The van der Waals surface area contributed by atoms with Gasteiger partial charge in [0.15, 0.2) is 0 Å². The first-order valence-electron chi connectivity index (χ1n) is 16.8. The highest BCUT2D eigenvalue weighted by molar-refractivity contribution is 6.23. The molecular formula is C40H29N3. The lowest BCUT2D eigenvalue weighted by atomic mass is 9.83. The SMILES string of the molecule is [2H]C([2H])([2H])C([2H])([2H])c1nc2ccccc2n1-c1ccccc1-c1c2ccccc2c(-c2ccccc2-c2cccnc2)c2ccccc12. The van der Waals surface area contributed by atoms with Gasteiger partial charge in [-0.25, -0.2) is 4.98 Å². The molecule has 0 amide bonds. The van der Waals surface area contributed by atoms with Crippen LogP contribution in [0.5, 0.6) is 0 Å². The Balaban J connectivity index is 1.49. The maximum absolute atomic E-state index is 8.81. The standard InChI is InChI=1S/C40H29N3/c1-2-38-42-35-22-10-12-24-37(35)43(38)36-23-11-9-21-34(36)40-32-19-7-5-17-30(32)39(31-18-6-8-20-33(31)40)29-16-4-3-15-28(29)27-14-13-25-41-26-27/h3-26H,2H2,1H3/i1D3,2D2. The Kier molecular flexibility index (Phi) is 4.91. The summed E-state index contributed by atoms with van der Waals surface area (Å²) in [4.78, 5) is 9.00. The zero-order chi connectivity index (χ0) is 33.0. The molecule has 0 aliphatic carbocycles. The van der Waals surface area contributed by atoms with Crippen molar-refractivity contribution in [3.8, 4) is 39.1 Å². The fraction of sp³-hybridized carbons (Fsp3) is 0.0500. The highest BCUT2D eigenvalue weighted by Crippen LogP contribution is 2.47. The molecule has 0 radical (unpaired) electrons. The van der Waals surface area contributed by atoms with Crippen molar-refractivity contribution in [2.45, 2.75) is 13.2 Å². The van der Waals surface area contributed by atoms with E-state index in [0.717, 1.165) is 54.9 Å². The van der Waals surface area contributed by atoms with E-state index in [9.17, 15) is 0 Å². The topological polar surface area (TPSA) is 30.7 Å². The van der Waals surface area contributed by atoms with E-state index in [1.807, 2.05) is 72.9 Å². The van der Waals surface area contributed by atoms with Crippen molar-refractivity contribution in [3.05, 3.63) is 152 Å². The Hall–Kier alpha value is -5.54. The molecule has 3 heteroatoms. The van der Waals surface area contributed by atoms with Gasteiger partial charge in [-0.1, -0.05) is 116 Å². The molecule has 8 rings (SSSR count). The Morgan fingerprint density at radius 2 is 1.19 bits per heavy atom. The fourth-order valence-corrected chi connectivity index (χ4v) is 6.42.